The van der Waals surface area contributed by atoms with Gasteiger partial charge in [0.2, 0.25) is 0 Å². The summed E-state index contributed by atoms with van der Waals surface area (Å²) in [5.74, 6) is -0.439. The van der Waals surface area contributed by atoms with E-state index in [-0.39, 0.29) is 50.2 Å². The van der Waals surface area contributed by atoms with Crippen molar-refractivity contribution in [3.63, 3.8) is 0 Å². The average Bonchev–Trinajstić information content (AvgIpc) is 3.14. The SMILES string of the molecule is CCOC(=O)CNC(=O)NCc1ccccc1-c1ccc([C@@H]2O[C@H](CN(C)C[C@@H](O)c3cccc(O)c3)[C@H](C)[C@H](c3ccc(CO)cc3)O2)cc1. The molecule has 0 bridgehead atoms. The quantitative estimate of drug-likeness (QED) is 0.110. The molecule has 4 aromatic rings. The zero-order chi connectivity index (χ0) is 36.3. The van der Waals surface area contributed by atoms with Crippen molar-refractivity contribution in [3.05, 3.63) is 125 Å². The van der Waals surface area contributed by atoms with Crippen molar-refractivity contribution >= 4 is 12.0 Å². The molecular formula is C40H47N3O8. The maximum absolute atomic E-state index is 12.3. The van der Waals surface area contributed by atoms with Crippen molar-refractivity contribution in [2.75, 3.05) is 33.3 Å². The number of aliphatic hydroxyl groups excluding tert-OH is 2. The number of nitrogens with one attached hydrogen (secondary N) is 2. The number of rotatable bonds is 14. The van der Waals surface area contributed by atoms with Crippen LogP contribution < -0.4 is 10.6 Å². The second-order valence-corrected chi connectivity index (χ2v) is 12.8. The Hall–Kier alpha value is -4.78. The summed E-state index contributed by atoms with van der Waals surface area (Å²) in [6.45, 7) is 4.91. The second-order valence-electron chi connectivity index (χ2n) is 12.8. The first-order chi connectivity index (χ1) is 24.6. The molecule has 5 N–H and O–H groups in total. The molecule has 1 aliphatic heterocycles. The average molecular weight is 698 g/mol. The van der Waals surface area contributed by atoms with E-state index in [0.29, 0.717) is 18.7 Å². The van der Waals surface area contributed by atoms with Gasteiger partial charge in [0.1, 0.15) is 12.3 Å². The number of phenolic OH excluding ortho intramolecular Hbond substituents is 1. The normalized spacial score (nSPS) is 19.3. The Morgan fingerprint density at radius 3 is 2.35 bits per heavy atom. The predicted molar refractivity (Wildman–Crippen MR) is 192 cm³/mol. The highest BCUT2D eigenvalue weighted by Gasteiger charge is 2.39. The number of carbonyl (C=O) groups is 2. The molecule has 11 heteroatoms. The van der Waals surface area contributed by atoms with Crippen molar-refractivity contribution in [2.24, 2.45) is 5.92 Å². The number of phenols is 1. The maximum Gasteiger partial charge on any atom is 0.325 e. The van der Waals surface area contributed by atoms with Crippen LogP contribution in [0.15, 0.2) is 97.1 Å². The van der Waals surface area contributed by atoms with Crippen LogP contribution in [-0.2, 0) is 32.2 Å². The standard InChI is InChI=1S/C40H47N3O8/c1-4-49-37(47)22-42-40(48)41-21-32-8-5-6-11-34(32)28-16-18-30(19-17-28)39-50-36(24-43(3)23-35(46)31-9-7-10-33(45)20-31)26(2)38(51-39)29-14-12-27(25-44)13-15-29/h5-20,26,35-36,38-39,44-46H,4,21-25H2,1-3H3,(H2,41,42,48)/t26-,35+,36+,38+,39+/m0/s1. The lowest BCUT2D eigenvalue weighted by atomic mass is 9.90. The number of nitrogens with zero attached hydrogens (tertiary/aromatic N) is 1. The number of hydrogen-bond acceptors (Lipinski definition) is 9. The summed E-state index contributed by atoms with van der Waals surface area (Å²) in [7, 11) is 1.93. The van der Waals surface area contributed by atoms with E-state index in [1.165, 1.54) is 0 Å². The lowest BCUT2D eigenvalue weighted by Crippen LogP contribution is -2.44. The monoisotopic (exact) mass is 697 g/mol. The van der Waals surface area contributed by atoms with Gasteiger partial charge in [-0.2, -0.15) is 0 Å². The van der Waals surface area contributed by atoms with Gasteiger partial charge in [-0.3, -0.25) is 4.79 Å². The molecule has 1 saturated heterocycles. The first-order valence-electron chi connectivity index (χ1n) is 17.2. The highest BCUT2D eigenvalue weighted by Crippen LogP contribution is 2.42. The minimum atomic E-state index is -0.792. The molecule has 270 valence electrons. The minimum absolute atomic E-state index is 0.0454. The number of hydrogen-bond donors (Lipinski definition) is 5. The fourth-order valence-electron chi connectivity index (χ4n) is 6.22. The molecule has 0 spiro atoms. The molecule has 5 rings (SSSR count). The molecule has 0 unspecified atom stereocenters. The Balaban J connectivity index is 1.31. The Labute approximate surface area is 298 Å². The van der Waals surface area contributed by atoms with Crippen LogP contribution >= 0.6 is 0 Å². The lowest BCUT2D eigenvalue weighted by Gasteiger charge is -2.42. The third-order valence-corrected chi connectivity index (χ3v) is 9.00. The van der Waals surface area contributed by atoms with Crippen LogP contribution in [0.1, 0.15) is 60.2 Å². The molecule has 1 fully saturated rings. The zero-order valence-corrected chi connectivity index (χ0v) is 29.2. The number of urea groups is 1. The Morgan fingerprint density at radius 1 is 0.922 bits per heavy atom. The topological polar surface area (TPSA) is 150 Å². The largest absolute Gasteiger partial charge is 0.508 e. The number of aliphatic hydroxyl groups is 2. The summed E-state index contributed by atoms with van der Waals surface area (Å²) in [6.07, 6.45) is -2.02. The summed E-state index contributed by atoms with van der Waals surface area (Å²) in [5, 5.41) is 35.7. The van der Waals surface area contributed by atoms with E-state index < -0.39 is 24.4 Å². The summed E-state index contributed by atoms with van der Waals surface area (Å²) in [5.41, 5.74) is 6.06. The van der Waals surface area contributed by atoms with E-state index >= 15 is 0 Å². The molecule has 0 aliphatic carbocycles. The summed E-state index contributed by atoms with van der Waals surface area (Å²) in [6, 6.07) is 29.6. The lowest BCUT2D eigenvalue weighted by molar-refractivity contribution is -0.276. The molecule has 0 radical (unpaired) electrons. The molecule has 0 saturated carbocycles. The van der Waals surface area contributed by atoms with Gasteiger partial charge in [0.25, 0.3) is 0 Å². The molecule has 0 aromatic heterocycles. The van der Waals surface area contributed by atoms with Gasteiger partial charge in [-0.25, -0.2) is 4.79 Å². The molecule has 1 aliphatic rings. The molecule has 51 heavy (non-hydrogen) atoms. The van der Waals surface area contributed by atoms with E-state index in [1.807, 2.05) is 84.7 Å². The van der Waals surface area contributed by atoms with Gasteiger partial charge in [-0.15, -0.1) is 0 Å². The van der Waals surface area contributed by atoms with E-state index in [2.05, 4.69) is 17.6 Å². The number of amides is 2. The van der Waals surface area contributed by atoms with E-state index in [1.54, 1.807) is 31.2 Å². The van der Waals surface area contributed by atoms with Crippen LogP contribution in [-0.4, -0.2) is 71.6 Å². The van der Waals surface area contributed by atoms with Crippen LogP contribution in [0, 0.1) is 5.92 Å². The van der Waals surface area contributed by atoms with Crippen molar-refractivity contribution in [1.29, 1.82) is 0 Å². The maximum atomic E-state index is 12.3. The van der Waals surface area contributed by atoms with Gasteiger partial charge < -0.3 is 45.1 Å². The number of esters is 1. The van der Waals surface area contributed by atoms with Crippen LogP contribution in [0.3, 0.4) is 0 Å². The first kappa shape index (κ1) is 37.5. The van der Waals surface area contributed by atoms with Crippen molar-refractivity contribution in [1.82, 2.24) is 15.5 Å². The Morgan fingerprint density at radius 2 is 1.65 bits per heavy atom. The Bertz CT molecular complexity index is 1730. The number of aromatic hydroxyl groups is 1. The number of ether oxygens (including phenoxy) is 3. The number of benzene rings is 4. The first-order valence-corrected chi connectivity index (χ1v) is 17.2. The Kier molecular flexibility index (Phi) is 13.2. The number of carbonyl (C=O) groups excluding carboxylic acids is 2. The van der Waals surface area contributed by atoms with Gasteiger partial charge in [0, 0.05) is 31.1 Å². The molecule has 2 amide bonds. The van der Waals surface area contributed by atoms with E-state index in [9.17, 15) is 24.9 Å². The second kappa shape index (κ2) is 17.9. The molecule has 11 nitrogen and oxygen atoms in total. The van der Waals surface area contributed by atoms with E-state index in [4.69, 9.17) is 14.2 Å². The van der Waals surface area contributed by atoms with Crippen molar-refractivity contribution < 1.29 is 39.1 Å². The molecule has 4 aromatic carbocycles. The number of likely N-dealkylation sites (N-methyl/N-ethyl adjacent to an activating group) is 1. The van der Waals surface area contributed by atoms with Gasteiger partial charge >= 0.3 is 12.0 Å². The van der Waals surface area contributed by atoms with Crippen LogP contribution in [0.25, 0.3) is 11.1 Å². The highest BCUT2D eigenvalue weighted by atomic mass is 16.7. The summed E-state index contributed by atoms with van der Waals surface area (Å²) in [4.78, 5) is 25.9. The predicted octanol–water partition coefficient (Wildman–Crippen LogP) is 5.37. The smallest absolute Gasteiger partial charge is 0.325 e. The third kappa shape index (κ3) is 10.2. The van der Waals surface area contributed by atoms with Crippen LogP contribution in [0.2, 0.25) is 0 Å². The van der Waals surface area contributed by atoms with Gasteiger partial charge in [-0.1, -0.05) is 91.9 Å². The zero-order valence-electron chi connectivity index (χ0n) is 29.2. The summed E-state index contributed by atoms with van der Waals surface area (Å²) >= 11 is 0. The van der Waals surface area contributed by atoms with Crippen molar-refractivity contribution in [3.8, 4) is 16.9 Å². The van der Waals surface area contributed by atoms with Crippen molar-refractivity contribution in [2.45, 2.75) is 51.6 Å². The van der Waals surface area contributed by atoms with Gasteiger partial charge in [0.05, 0.1) is 31.5 Å². The van der Waals surface area contributed by atoms with Gasteiger partial charge in [-0.05, 0) is 59.5 Å². The van der Waals surface area contributed by atoms with Crippen LogP contribution in [0.4, 0.5) is 4.79 Å². The third-order valence-electron chi connectivity index (χ3n) is 9.00. The highest BCUT2D eigenvalue weighted by molar-refractivity contribution is 5.81. The fourth-order valence-corrected chi connectivity index (χ4v) is 6.22. The van der Waals surface area contributed by atoms with Crippen LogP contribution in [0.5, 0.6) is 5.75 Å². The van der Waals surface area contributed by atoms with Gasteiger partial charge in [0.15, 0.2) is 6.29 Å². The minimum Gasteiger partial charge on any atom is -0.508 e. The fraction of sp³-hybridized carbons (Fsp3) is 0.350. The molecule has 5 atom stereocenters. The molecule has 1 heterocycles. The summed E-state index contributed by atoms with van der Waals surface area (Å²) < 4.78 is 18.1. The molecular weight excluding hydrogens is 650 g/mol. The van der Waals surface area contributed by atoms with E-state index in [0.717, 1.165) is 33.4 Å².